The number of carbonyl (C=O) groups is 1. The maximum atomic E-state index is 12.0. The van der Waals surface area contributed by atoms with Crippen molar-refractivity contribution in [3.8, 4) is 5.75 Å². The van der Waals surface area contributed by atoms with E-state index < -0.39 is 0 Å². The van der Waals surface area contributed by atoms with Crippen LogP contribution < -0.4 is 10.1 Å². The number of ether oxygens (including phenoxy) is 1. The molecule has 1 fully saturated rings. The average Bonchev–Trinajstić information content (AvgIpc) is 2.41. The van der Waals surface area contributed by atoms with Crippen molar-refractivity contribution in [3.05, 3.63) is 29.8 Å². The van der Waals surface area contributed by atoms with Crippen LogP contribution in [0, 0.1) is 0 Å². The fourth-order valence-electron chi connectivity index (χ4n) is 2.16. The van der Waals surface area contributed by atoms with Crippen LogP contribution in [0.5, 0.6) is 5.75 Å². The van der Waals surface area contributed by atoms with Crippen LogP contribution in [0.1, 0.15) is 23.2 Å². The molecule has 1 aliphatic heterocycles. The highest BCUT2D eigenvalue weighted by molar-refractivity contribution is 5.94. The third-order valence-corrected chi connectivity index (χ3v) is 3.41. The zero-order valence-corrected chi connectivity index (χ0v) is 11.0. The van der Waals surface area contributed by atoms with E-state index in [9.17, 15) is 4.79 Å². The summed E-state index contributed by atoms with van der Waals surface area (Å²) in [5, 5.41) is 3.09. The molecular formula is C14H20N2O2. The first-order valence-corrected chi connectivity index (χ1v) is 6.32. The summed E-state index contributed by atoms with van der Waals surface area (Å²) in [5.74, 6) is 0.776. The minimum absolute atomic E-state index is 0.00667. The Balaban J connectivity index is 1.90. The van der Waals surface area contributed by atoms with Gasteiger partial charge in [-0.2, -0.15) is 0 Å². The molecule has 0 aliphatic carbocycles. The van der Waals surface area contributed by atoms with E-state index in [1.165, 1.54) is 0 Å². The SMILES string of the molecule is COc1ccc(C(=O)NC2CCN(C)CC2)cc1. The number of hydrogen-bond acceptors (Lipinski definition) is 3. The van der Waals surface area contributed by atoms with Gasteiger partial charge in [0.15, 0.2) is 0 Å². The molecule has 0 bridgehead atoms. The van der Waals surface area contributed by atoms with Gasteiger partial charge in [-0.3, -0.25) is 4.79 Å². The summed E-state index contributed by atoms with van der Waals surface area (Å²) in [5.41, 5.74) is 0.690. The summed E-state index contributed by atoms with van der Waals surface area (Å²) < 4.78 is 5.07. The smallest absolute Gasteiger partial charge is 0.251 e. The van der Waals surface area contributed by atoms with Gasteiger partial charge in [0.05, 0.1) is 7.11 Å². The molecule has 98 valence electrons. The van der Waals surface area contributed by atoms with E-state index in [1.807, 2.05) is 12.1 Å². The van der Waals surface area contributed by atoms with E-state index in [1.54, 1.807) is 19.2 Å². The third kappa shape index (κ3) is 3.23. The van der Waals surface area contributed by atoms with Gasteiger partial charge in [-0.25, -0.2) is 0 Å². The summed E-state index contributed by atoms with van der Waals surface area (Å²) >= 11 is 0. The molecule has 1 aromatic carbocycles. The van der Waals surface area contributed by atoms with E-state index in [0.29, 0.717) is 11.6 Å². The normalized spacial score (nSPS) is 17.4. The molecule has 0 saturated carbocycles. The minimum atomic E-state index is 0.00667. The van der Waals surface area contributed by atoms with Crippen molar-refractivity contribution in [1.29, 1.82) is 0 Å². The lowest BCUT2D eigenvalue weighted by Gasteiger charge is -2.29. The Bertz CT molecular complexity index is 395. The lowest BCUT2D eigenvalue weighted by molar-refractivity contribution is 0.0917. The lowest BCUT2D eigenvalue weighted by Crippen LogP contribution is -2.43. The Labute approximate surface area is 108 Å². The maximum Gasteiger partial charge on any atom is 0.251 e. The average molecular weight is 248 g/mol. The Morgan fingerprint density at radius 1 is 1.28 bits per heavy atom. The molecule has 1 saturated heterocycles. The second kappa shape index (κ2) is 5.87. The molecule has 4 nitrogen and oxygen atoms in total. The molecule has 0 unspecified atom stereocenters. The number of likely N-dealkylation sites (tertiary alicyclic amines) is 1. The van der Waals surface area contributed by atoms with E-state index >= 15 is 0 Å². The molecule has 0 radical (unpaired) electrons. The zero-order chi connectivity index (χ0) is 13.0. The molecule has 1 N–H and O–H groups in total. The highest BCUT2D eigenvalue weighted by Crippen LogP contribution is 2.13. The zero-order valence-electron chi connectivity index (χ0n) is 11.0. The second-order valence-electron chi connectivity index (χ2n) is 4.78. The molecule has 2 rings (SSSR count). The number of methoxy groups -OCH3 is 1. The van der Waals surface area contributed by atoms with Gasteiger partial charge >= 0.3 is 0 Å². The molecule has 18 heavy (non-hydrogen) atoms. The molecule has 0 spiro atoms. The number of piperidine rings is 1. The van der Waals surface area contributed by atoms with E-state index in [-0.39, 0.29) is 5.91 Å². The van der Waals surface area contributed by atoms with E-state index in [0.717, 1.165) is 31.7 Å². The number of carbonyl (C=O) groups excluding carboxylic acids is 1. The van der Waals surface area contributed by atoms with Crippen LogP contribution in [-0.2, 0) is 0 Å². The predicted molar refractivity (Wildman–Crippen MR) is 71.0 cm³/mol. The van der Waals surface area contributed by atoms with Crippen LogP contribution in [-0.4, -0.2) is 44.1 Å². The van der Waals surface area contributed by atoms with Crippen LogP contribution in [0.15, 0.2) is 24.3 Å². The first-order valence-electron chi connectivity index (χ1n) is 6.32. The molecule has 1 aliphatic rings. The number of nitrogens with one attached hydrogen (secondary N) is 1. The lowest BCUT2D eigenvalue weighted by atomic mass is 10.0. The molecule has 1 heterocycles. The number of benzene rings is 1. The van der Waals surface area contributed by atoms with Gasteiger partial charge in [0, 0.05) is 11.6 Å². The van der Waals surface area contributed by atoms with E-state index in [4.69, 9.17) is 4.74 Å². The van der Waals surface area contributed by atoms with Gasteiger partial charge in [0.2, 0.25) is 0 Å². The number of amides is 1. The summed E-state index contributed by atoms with van der Waals surface area (Å²) in [6.07, 6.45) is 2.05. The van der Waals surface area contributed by atoms with Crippen molar-refractivity contribution in [2.45, 2.75) is 18.9 Å². The molecule has 0 atom stereocenters. The summed E-state index contributed by atoms with van der Waals surface area (Å²) in [6, 6.07) is 7.51. The van der Waals surface area contributed by atoms with Gasteiger partial charge in [-0.05, 0) is 57.2 Å². The predicted octanol–water partition coefficient (Wildman–Crippen LogP) is 1.52. The first kappa shape index (κ1) is 12.9. The van der Waals surface area contributed by atoms with Crippen molar-refractivity contribution >= 4 is 5.91 Å². The Morgan fingerprint density at radius 2 is 1.89 bits per heavy atom. The second-order valence-corrected chi connectivity index (χ2v) is 4.78. The molecule has 0 aromatic heterocycles. The fourth-order valence-corrected chi connectivity index (χ4v) is 2.16. The van der Waals surface area contributed by atoms with Crippen LogP contribution in [0.3, 0.4) is 0 Å². The van der Waals surface area contributed by atoms with Gasteiger partial charge in [-0.15, -0.1) is 0 Å². The standard InChI is InChI=1S/C14H20N2O2/c1-16-9-7-12(8-10-16)15-14(17)11-3-5-13(18-2)6-4-11/h3-6,12H,7-10H2,1-2H3,(H,15,17). The van der Waals surface area contributed by atoms with Crippen LogP contribution >= 0.6 is 0 Å². The highest BCUT2D eigenvalue weighted by atomic mass is 16.5. The maximum absolute atomic E-state index is 12.0. The van der Waals surface area contributed by atoms with Gasteiger partial charge in [0.1, 0.15) is 5.75 Å². The number of rotatable bonds is 3. The third-order valence-electron chi connectivity index (χ3n) is 3.41. The van der Waals surface area contributed by atoms with Crippen LogP contribution in [0.25, 0.3) is 0 Å². The van der Waals surface area contributed by atoms with Gasteiger partial charge in [-0.1, -0.05) is 0 Å². The minimum Gasteiger partial charge on any atom is -0.497 e. The molecule has 4 heteroatoms. The number of nitrogens with zero attached hydrogens (tertiary/aromatic N) is 1. The molecule has 1 amide bonds. The van der Waals surface area contributed by atoms with Crippen molar-refractivity contribution in [2.75, 3.05) is 27.2 Å². The summed E-state index contributed by atoms with van der Waals surface area (Å²) in [4.78, 5) is 14.3. The largest absolute Gasteiger partial charge is 0.497 e. The van der Waals surface area contributed by atoms with Crippen molar-refractivity contribution in [2.24, 2.45) is 0 Å². The van der Waals surface area contributed by atoms with Crippen LogP contribution in [0.4, 0.5) is 0 Å². The Kier molecular flexibility index (Phi) is 4.20. The Hall–Kier alpha value is -1.55. The topological polar surface area (TPSA) is 41.6 Å². The summed E-state index contributed by atoms with van der Waals surface area (Å²) in [6.45, 7) is 2.10. The van der Waals surface area contributed by atoms with Crippen molar-refractivity contribution in [1.82, 2.24) is 10.2 Å². The van der Waals surface area contributed by atoms with Crippen LogP contribution in [0.2, 0.25) is 0 Å². The van der Waals surface area contributed by atoms with Gasteiger partial charge in [0.25, 0.3) is 5.91 Å². The van der Waals surface area contributed by atoms with Crippen molar-refractivity contribution in [3.63, 3.8) is 0 Å². The Morgan fingerprint density at radius 3 is 2.44 bits per heavy atom. The summed E-state index contributed by atoms with van der Waals surface area (Å²) in [7, 11) is 3.73. The van der Waals surface area contributed by atoms with Crippen molar-refractivity contribution < 1.29 is 9.53 Å². The highest BCUT2D eigenvalue weighted by Gasteiger charge is 2.18. The quantitative estimate of drug-likeness (QED) is 0.881. The van der Waals surface area contributed by atoms with Gasteiger partial charge < -0.3 is 15.0 Å². The fraction of sp³-hybridized carbons (Fsp3) is 0.500. The van der Waals surface area contributed by atoms with E-state index in [2.05, 4.69) is 17.3 Å². The first-order chi connectivity index (χ1) is 8.69. The monoisotopic (exact) mass is 248 g/mol. The molecular weight excluding hydrogens is 228 g/mol. The molecule has 1 aromatic rings. The number of hydrogen-bond donors (Lipinski definition) is 1.